The van der Waals surface area contributed by atoms with Gasteiger partial charge in [0.2, 0.25) is 0 Å². The maximum absolute atomic E-state index is 12.7. The molecule has 0 aliphatic heterocycles. The highest BCUT2D eigenvalue weighted by molar-refractivity contribution is 9.09. The maximum atomic E-state index is 12.7. The van der Waals surface area contributed by atoms with Crippen molar-refractivity contribution in [2.45, 2.75) is 118 Å². The lowest BCUT2D eigenvalue weighted by Crippen LogP contribution is -2.54. The fourth-order valence-electron chi connectivity index (χ4n) is 11.3. The van der Waals surface area contributed by atoms with Gasteiger partial charge in [-0.25, -0.2) is 0 Å². The van der Waals surface area contributed by atoms with Crippen molar-refractivity contribution in [3.8, 4) is 11.5 Å². The van der Waals surface area contributed by atoms with Crippen molar-refractivity contribution in [2.75, 3.05) is 11.9 Å². The molecule has 6 rings (SSSR count). The Hall–Kier alpha value is -2.07. The summed E-state index contributed by atoms with van der Waals surface area (Å²) in [5.41, 5.74) is 2.72. The standard InChI is InChI=1S/C44H61BrO3/c1-30(2)7-6-8-31(3)39-20-21-40-38-19-14-34-29-37(23-25-43(34,4)41(38)24-26-44(39,40)5)48-36-15-9-32(10-16-36)11-22-42(46)33-12-17-35(18-13-33)47-28-27-45/h9-13,15-18,22,30-31,34,37-41H,6-8,14,19-21,23-29H2,1-5H3/b22-11+/t31-,34?,37?,38+,39-,40+,41+,43+,44-/m1/s1. The molecular weight excluding hydrogens is 656 g/mol. The van der Waals surface area contributed by atoms with Gasteiger partial charge in [0.1, 0.15) is 11.5 Å². The number of hydrogen-bond donors (Lipinski definition) is 0. The highest BCUT2D eigenvalue weighted by Crippen LogP contribution is 2.68. The summed E-state index contributed by atoms with van der Waals surface area (Å²) < 4.78 is 12.2. The number of rotatable bonds is 13. The second-order valence-electron chi connectivity index (χ2n) is 17.0. The minimum Gasteiger partial charge on any atom is -0.493 e. The number of benzene rings is 2. The molecular formula is C44H61BrO3. The van der Waals surface area contributed by atoms with E-state index in [1.807, 2.05) is 30.3 Å². The number of allylic oxidation sites excluding steroid dienone is 1. The Kier molecular flexibility index (Phi) is 11.5. The van der Waals surface area contributed by atoms with E-state index in [1.54, 1.807) is 6.08 Å². The van der Waals surface area contributed by atoms with Gasteiger partial charge in [0.05, 0.1) is 12.7 Å². The van der Waals surface area contributed by atoms with Crippen LogP contribution in [0.2, 0.25) is 0 Å². The molecule has 4 saturated carbocycles. The molecule has 0 saturated heterocycles. The molecule has 0 aromatic heterocycles. The van der Waals surface area contributed by atoms with Crippen LogP contribution in [0.4, 0.5) is 0 Å². The Morgan fingerprint density at radius 3 is 2.29 bits per heavy atom. The van der Waals surface area contributed by atoms with Crippen LogP contribution in [-0.2, 0) is 0 Å². The SMILES string of the molecule is CC(C)CCC[C@@H](C)[C@H]1CC[C@H]2[C@@H]3CCC4CC(Oc5ccc(/C=C/C(=O)c6ccc(OCCBr)cc6)cc5)CC[C@]4(C)[C@H]3CC[C@]12C. The van der Waals surface area contributed by atoms with Crippen molar-refractivity contribution in [2.24, 2.45) is 52.3 Å². The van der Waals surface area contributed by atoms with Crippen LogP contribution >= 0.6 is 15.9 Å². The highest BCUT2D eigenvalue weighted by atomic mass is 79.9. The van der Waals surface area contributed by atoms with Crippen molar-refractivity contribution in [3.63, 3.8) is 0 Å². The van der Waals surface area contributed by atoms with E-state index in [0.29, 0.717) is 29.1 Å². The van der Waals surface area contributed by atoms with Crippen LogP contribution in [0, 0.1) is 52.3 Å². The predicted octanol–water partition coefficient (Wildman–Crippen LogP) is 12.2. The lowest BCUT2D eigenvalue weighted by Gasteiger charge is -2.61. The third-order valence-corrected chi connectivity index (χ3v) is 14.2. The second kappa shape index (κ2) is 15.4. The van der Waals surface area contributed by atoms with E-state index < -0.39 is 0 Å². The van der Waals surface area contributed by atoms with Crippen LogP contribution in [0.15, 0.2) is 54.6 Å². The summed E-state index contributed by atoms with van der Waals surface area (Å²) >= 11 is 3.36. The molecule has 4 heteroatoms. The summed E-state index contributed by atoms with van der Waals surface area (Å²) in [6, 6.07) is 15.6. The van der Waals surface area contributed by atoms with Gasteiger partial charge in [0.25, 0.3) is 0 Å². The molecule has 48 heavy (non-hydrogen) atoms. The van der Waals surface area contributed by atoms with Gasteiger partial charge in [-0.1, -0.05) is 88.0 Å². The van der Waals surface area contributed by atoms with Gasteiger partial charge in [-0.15, -0.1) is 0 Å². The molecule has 0 N–H and O–H groups in total. The van der Waals surface area contributed by atoms with Crippen LogP contribution in [0.1, 0.15) is 128 Å². The van der Waals surface area contributed by atoms with Crippen molar-refractivity contribution >= 4 is 27.8 Å². The quantitative estimate of drug-likeness (QED) is 0.118. The summed E-state index contributed by atoms with van der Waals surface area (Å²) in [4.78, 5) is 12.7. The molecule has 2 unspecified atom stereocenters. The van der Waals surface area contributed by atoms with E-state index in [4.69, 9.17) is 9.47 Å². The number of carbonyl (C=O) groups excluding carboxylic acids is 1. The molecule has 0 bridgehead atoms. The zero-order valence-electron chi connectivity index (χ0n) is 30.4. The predicted molar refractivity (Wildman–Crippen MR) is 203 cm³/mol. The van der Waals surface area contributed by atoms with Gasteiger partial charge in [-0.05, 0) is 158 Å². The van der Waals surface area contributed by atoms with Gasteiger partial charge >= 0.3 is 0 Å². The first-order chi connectivity index (χ1) is 23.1. The highest BCUT2D eigenvalue weighted by Gasteiger charge is 2.60. The van der Waals surface area contributed by atoms with Crippen molar-refractivity contribution in [1.29, 1.82) is 0 Å². The molecule has 0 heterocycles. The van der Waals surface area contributed by atoms with Crippen LogP contribution < -0.4 is 9.47 Å². The minimum absolute atomic E-state index is 0.00987. The maximum Gasteiger partial charge on any atom is 0.185 e. The van der Waals surface area contributed by atoms with Crippen molar-refractivity contribution < 1.29 is 14.3 Å². The van der Waals surface area contributed by atoms with E-state index in [2.05, 4.69) is 74.8 Å². The number of carbonyl (C=O) groups is 1. The summed E-state index contributed by atoms with van der Waals surface area (Å²) in [6.07, 6.45) is 20.5. The first-order valence-corrected chi connectivity index (χ1v) is 20.5. The first kappa shape index (κ1) is 35.7. The van der Waals surface area contributed by atoms with Gasteiger partial charge in [-0.3, -0.25) is 4.79 Å². The molecule has 9 atom stereocenters. The van der Waals surface area contributed by atoms with Crippen molar-refractivity contribution in [1.82, 2.24) is 0 Å². The van der Waals surface area contributed by atoms with E-state index in [1.165, 1.54) is 77.0 Å². The van der Waals surface area contributed by atoms with Gasteiger partial charge in [-0.2, -0.15) is 0 Å². The number of halogens is 1. The minimum atomic E-state index is -0.00987. The van der Waals surface area contributed by atoms with E-state index in [0.717, 1.165) is 63.8 Å². The molecule has 3 nitrogen and oxygen atoms in total. The van der Waals surface area contributed by atoms with Gasteiger partial charge < -0.3 is 9.47 Å². The summed E-state index contributed by atoms with van der Waals surface area (Å²) in [5.74, 6) is 7.96. The molecule has 262 valence electrons. The molecule has 4 aliphatic rings. The Morgan fingerprint density at radius 2 is 1.56 bits per heavy atom. The molecule has 4 fully saturated rings. The third kappa shape index (κ3) is 7.64. The normalized spacial score (nSPS) is 33.6. The van der Waals surface area contributed by atoms with E-state index in [9.17, 15) is 4.79 Å². The van der Waals surface area contributed by atoms with Crippen LogP contribution in [-0.4, -0.2) is 23.8 Å². The first-order valence-electron chi connectivity index (χ1n) is 19.4. The van der Waals surface area contributed by atoms with Gasteiger partial charge in [0, 0.05) is 10.9 Å². The lowest BCUT2D eigenvalue weighted by molar-refractivity contribution is -0.126. The lowest BCUT2D eigenvalue weighted by atomic mass is 9.44. The smallest absolute Gasteiger partial charge is 0.185 e. The Morgan fingerprint density at radius 1 is 0.854 bits per heavy atom. The number of alkyl halides is 1. The molecule has 0 radical (unpaired) electrons. The second-order valence-corrected chi connectivity index (χ2v) is 17.8. The largest absolute Gasteiger partial charge is 0.493 e. The molecule has 2 aromatic carbocycles. The zero-order chi connectivity index (χ0) is 33.9. The monoisotopic (exact) mass is 716 g/mol. The topological polar surface area (TPSA) is 35.5 Å². The third-order valence-electron chi connectivity index (χ3n) is 13.9. The molecule has 0 spiro atoms. The molecule has 0 amide bonds. The zero-order valence-corrected chi connectivity index (χ0v) is 32.0. The van der Waals surface area contributed by atoms with E-state index in [-0.39, 0.29) is 5.78 Å². The Bertz CT molecular complexity index is 1380. The average molecular weight is 718 g/mol. The van der Waals surface area contributed by atoms with E-state index >= 15 is 0 Å². The van der Waals surface area contributed by atoms with Crippen LogP contribution in [0.5, 0.6) is 11.5 Å². The number of hydrogen-bond acceptors (Lipinski definition) is 3. The summed E-state index contributed by atoms with van der Waals surface area (Å²) in [6.45, 7) is 13.4. The van der Waals surface area contributed by atoms with Crippen LogP contribution in [0.25, 0.3) is 6.08 Å². The number of ether oxygens (including phenoxy) is 2. The number of fused-ring (bicyclic) bond motifs is 5. The molecule has 2 aromatic rings. The average Bonchev–Trinajstić information content (AvgIpc) is 3.44. The fourth-order valence-corrected chi connectivity index (χ4v) is 11.5. The fraction of sp³-hybridized carbons (Fsp3) is 0.659. The number of ketones is 1. The van der Waals surface area contributed by atoms with Gasteiger partial charge in [0.15, 0.2) is 5.78 Å². The van der Waals surface area contributed by atoms with Crippen molar-refractivity contribution in [3.05, 3.63) is 65.7 Å². The Balaban J connectivity index is 1.01. The Labute approximate surface area is 300 Å². The summed E-state index contributed by atoms with van der Waals surface area (Å²) in [5, 5.41) is 0.778. The van der Waals surface area contributed by atoms with Crippen LogP contribution in [0.3, 0.4) is 0 Å². The summed E-state index contributed by atoms with van der Waals surface area (Å²) in [7, 11) is 0. The molecule has 4 aliphatic carbocycles.